The Morgan fingerprint density at radius 3 is 2.41 bits per heavy atom. The summed E-state index contributed by atoms with van der Waals surface area (Å²) in [5.41, 5.74) is 0.302. The van der Waals surface area contributed by atoms with E-state index >= 15 is 0 Å². The normalized spacial score (nSPS) is 23.6. The smallest absolute Gasteiger partial charge is 0.340 e. The van der Waals surface area contributed by atoms with Crippen molar-refractivity contribution in [3.05, 3.63) is 33.8 Å². The minimum atomic E-state index is -4.32. The first-order valence-corrected chi connectivity index (χ1v) is 9.55. The summed E-state index contributed by atoms with van der Waals surface area (Å²) in [7, 11) is 0. The highest BCUT2D eigenvalue weighted by atomic mass is 35.5. The Hall–Kier alpha value is -1.47. The number of carbonyl (C=O) groups is 2. The lowest BCUT2D eigenvalue weighted by Crippen LogP contribution is -2.52. The summed E-state index contributed by atoms with van der Waals surface area (Å²) < 4.78 is 39.1. The highest BCUT2D eigenvalue weighted by Gasteiger charge is 2.45. The average Bonchev–Trinajstić information content (AvgIpc) is 3.12. The zero-order valence-electron chi connectivity index (χ0n) is 14.4. The van der Waals surface area contributed by atoms with Crippen LogP contribution in [0.3, 0.4) is 0 Å². The Balaban J connectivity index is 1.74. The second-order valence-electron chi connectivity index (χ2n) is 6.95. The van der Waals surface area contributed by atoms with Crippen molar-refractivity contribution in [1.82, 2.24) is 9.80 Å². The van der Waals surface area contributed by atoms with Crippen LogP contribution < -0.4 is 0 Å². The molecular weight excluding hydrogens is 404 g/mol. The average molecular weight is 423 g/mol. The topological polar surface area (TPSA) is 40.6 Å². The molecule has 4 nitrogen and oxygen atoms in total. The summed E-state index contributed by atoms with van der Waals surface area (Å²) in [5, 5.41) is 0.544. The monoisotopic (exact) mass is 422 g/mol. The van der Waals surface area contributed by atoms with Crippen molar-refractivity contribution in [3.8, 4) is 0 Å². The number of alkyl halides is 3. The predicted octanol–water partition coefficient (Wildman–Crippen LogP) is 4.40. The van der Waals surface area contributed by atoms with E-state index < -0.39 is 24.0 Å². The Morgan fingerprint density at radius 2 is 1.74 bits per heavy atom. The van der Waals surface area contributed by atoms with Gasteiger partial charge < -0.3 is 9.80 Å². The molecule has 0 aromatic heterocycles. The van der Waals surface area contributed by atoms with Gasteiger partial charge >= 0.3 is 6.18 Å². The first kappa shape index (κ1) is 20.3. The van der Waals surface area contributed by atoms with Crippen molar-refractivity contribution in [2.75, 3.05) is 19.6 Å². The molecule has 9 heteroatoms. The summed E-state index contributed by atoms with van der Waals surface area (Å²) >= 11 is 11.8. The third-order valence-corrected chi connectivity index (χ3v) is 5.90. The molecule has 2 aliphatic heterocycles. The highest BCUT2D eigenvalue weighted by molar-refractivity contribution is 6.42. The fourth-order valence-corrected chi connectivity index (χ4v) is 4.01. The number of carbonyl (C=O) groups excluding carboxylic acids is 2. The van der Waals surface area contributed by atoms with Gasteiger partial charge in [-0.3, -0.25) is 9.59 Å². The van der Waals surface area contributed by atoms with Crippen LogP contribution in [0.15, 0.2) is 18.2 Å². The molecule has 0 aliphatic carbocycles. The lowest BCUT2D eigenvalue weighted by atomic mass is 9.96. The van der Waals surface area contributed by atoms with E-state index in [0.29, 0.717) is 36.4 Å². The van der Waals surface area contributed by atoms with Gasteiger partial charge in [-0.15, -0.1) is 0 Å². The Kier molecular flexibility index (Phi) is 5.91. The lowest BCUT2D eigenvalue weighted by Gasteiger charge is -2.36. The van der Waals surface area contributed by atoms with Crippen LogP contribution in [0.5, 0.6) is 0 Å². The molecule has 2 atom stereocenters. The molecule has 27 heavy (non-hydrogen) atoms. The number of likely N-dealkylation sites (tertiary alicyclic amines) is 2. The molecule has 0 radical (unpaired) electrons. The van der Waals surface area contributed by atoms with E-state index in [9.17, 15) is 22.8 Å². The van der Waals surface area contributed by atoms with Crippen molar-refractivity contribution in [3.63, 3.8) is 0 Å². The van der Waals surface area contributed by atoms with Crippen molar-refractivity contribution in [2.45, 2.75) is 37.9 Å². The van der Waals surface area contributed by atoms with Crippen LogP contribution in [0.25, 0.3) is 0 Å². The number of rotatable bonds is 2. The largest absolute Gasteiger partial charge is 0.393 e. The molecule has 2 heterocycles. The molecule has 2 amide bonds. The molecule has 2 unspecified atom stereocenters. The maximum atomic E-state index is 13.0. The second kappa shape index (κ2) is 7.87. The Morgan fingerprint density at radius 1 is 1.04 bits per heavy atom. The number of hydrogen-bond donors (Lipinski definition) is 0. The minimum Gasteiger partial charge on any atom is -0.340 e. The second-order valence-corrected chi connectivity index (χ2v) is 7.76. The molecule has 0 saturated carbocycles. The summed E-state index contributed by atoms with van der Waals surface area (Å²) in [6.07, 6.45) is -2.91. The lowest BCUT2D eigenvalue weighted by molar-refractivity contribution is -0.188. The van der Waals surface area contributed by atoms with Gasteiger partial charge in [-0.25, -0.2) is 0 Å². The third-order valence-electron chi connectivity index (χ3n) is 5.16. The molecule has 2 fully saturated rings. The van der Waals surface area contributed by atoms with Gasteiger partial charge in [0.05, 0.1) is 16.0 Å². The van der Waals surface area contributed by atoms with Crippen LogP contribution in [-0.4, -0.2) is 53.5 Å². The van der Waals surface area contributed by atoms with Gasteiger partial charge in [0.15, 0.2) is 0 Å². The summed E-state index contributed by atoms with van der Waals surface area (Å²) in [5.74, 6) is -2.28. The summed E-state index contributed by atoms with van der Waals surface area (Å²) in [4.78, 5) is 28.3. The van der Waals surface area contributed by atoms with Gasteiger partial charge in [0.25, 0.3) is 5.91 Å². The molecule has 0 N–H and O–H groups in total. The minimum absolute atomic E-state index is 0.0316. The molecular formula is C18H19Cl2F3N2O2. The van der Waals surface area contributed by atoms with E-state index in [4.69, 9.17) is 23.2 Å². The molecule has 1 aromatic rings. The number of halogens is 5. The number of nitrogens with zero attached hydrogens (tertiary/aromatic N) is 2. The van der Waals surface area contributed by atoms with E-state index in [1.165, 1.54) is 28.0 Å². The summed E-state index contributed by atoms with van der Waals surface area (Å²) in [6.45, 7) is 0.330. The number of piperidine rings is 1. The van der Waals surface area contributed by atoms with E-state index in [-0.39, 0.29) is 30.4 Å². The maximum Gasteiger partial charge on any atom is 0.393 e. The van der Waals surface area contributed by atoms with Gasteiger partial charge in [-0.1, -0.05) is 23.2 Å². The highest BCUT2D eigenvalue weighted by Crippen LogP contribution is 2.34. The zero-order chi connectivity index (χ0) is 19.8. The predicted molar refractivity (Wildman–Crippen MR) is 95.9 cm³/mol. The fraction of sp³-hybridized carbons (Fsp3) is 0.556. The molecule has 2 aliphatic rings. The zero-order valence-corrected chi connectivity index (χ0v) is 15.9. The molecule has 1 aromatic carbocycles. The van der Waals surface area contributed by atoms with Crippen LogP contribution in [0.1, 0.15) is 36.0 Å². The van der Waals surface area contributed by atoms with Gasteiger partial charge in [-0.2, -0.15) is 13.2 Å². The van der Waals surface area contributed by atoms with Crippen molar-refractivity contribution in [2.24, 2.45) is 5.92 Å². The van der Waals surface area contributed by atoms with Crippen LogP contribution >= 0.6 is 23.2 Å². The van der Waals surface area contributed by atoms with E-state index in [0.717, 1.165) is 0 Å². The fourth-order valence-electron chi connectivity index (χ4n) is 3.72. The van der Waals surface area contributed by atoms with Gasteiger partial charge in [0.1, 0.15) is 6.04 Å². The number of amides is 2. The number of hydrogen-bond acceptors (Lipinski definition) is 2. The van der Waals surface area contributed by atoms with Crippen molar-refractivity contribution in [1.29, 1.82) is 0 Å². The quantitative estimate of drug-likeness (QED) is 0.708. The third kappa shape index (κ3) is 4.35. The maximum absolute atomic E-state index is 13.0. The Labute approximate surface area is 165 Å². The van der Waals surface area contributed by atoms with Gasteiger partial charge in [0.2, 0.25) is 5.91 Å². The van der Waals surface area contributed by atoms with Gasteiger partial charge in [0, 0.05) is 25.2 Å². The standard InChI is InChI=1S/C18H19Cl2F3N2O2/c19-13-6-5-11(9-14(13)20)16(26)25-8-2-4-15(25)17(27)24-7-1-3-12(10-24)18(21,22)23/h5-6,9,12,15H,1-4,7-8,10H2. The van der Waals surface area contributed by atoms with Crippen LogP contribution in [0.2, 0.25) is 10.0 Å². The van der Waals surface area contributed by atoms with Crippen molar-refractivity contribution >= 4 is 35.0 Å². The molecule has 0 spiro atoms. The summed E-state index contributed by atoms with van der Waals surface area (Å²) in [6, 6.07) is 3.73. The SMILES string of the molecule is O=C(C1CCCN1C(=O)c1ccc(Cl)c(Cl)c1)N1CCCC(C(F)(F)F)C1. The van der Waals surface area contributed by atoms with E-state index in [2.05, 4.69) is 0 Å². The van der Waals surface area contributed by atoms with Crippen LogP contribution in [0.4, 0.5) is 13.2 Å². The first-order valence-electron chi connectivity index (χ1n) is 8.80. The van der Waals surface area contributed by atoms with E-state index in [1.54, 1.807) is 0 Å². The molecule has 3 rings (SSSR count). The van der Waals surface area contributed by atoms with E-state index in [1.807, 2.05) is 0 Å². The van der Waals surface area contributed by atoms with Crippen LogP contribution in [-0.2, 0) is 4.79 Å². The molecule has 0 bridgehead atoms. The molecule has 148 valence electrons. The Bertz CT molecular complexity index is 742. The molecule has 2 saturated heterocycles. The van der Waals surface area contributed by atoms with Crippen LogP contribution in [0, 0.1) is 5.92 Å². The van der Waals surface area contributed by atoms with Gasteiger partial charge in [-0.05, 0) is 43.9 Å². The first-order chi connectivity index (χ1) is 12.7. The van der Waals surface area contributed by atoms with Crippen molar-refractivity contribution < 1.29 is 22.8 Å². The number of benzene rings is 1.